The summed E-state index contributed by atoms with van der Waals surface area (Å²) in [5.74, 6) is 0. The molecule has 0 aliphatic carbocycles. The summed E-state index contributed by atoms with van der Waals surface area (Å²) >= 11 is 0. The van der Waals surface area contributed by atoms with Crippen LogP contribution in [0.2, 0.25) is 0 Å². The van der Waals surface area contributed by atoms with Gasteiger partial charge >= 0.3 is 17.4 Å². The summed E-state index contributed by atoms with van der Waals surface area (Å²) in [6.45, 7) is 0. The molecule has 12 heteroatoms. The van der Waals surface area contributed by atoms with Gasteiger partial charge in [-0.3, -0.25) is 13.0 Å². The summed E-state index contributed by atoms with van der Waals surface area (Å²) in [6.07, 6.45) is 0. The number of hydrogen-bond acceptors (Lipinski definition) is 7. The summed E-state index contributed by atoms with van der Waals surface area (Å²) in [6, 6.07) is 0. The van der Waals surface area contributed by atoms with Crippen molar-refractivity contribution in [1.29, 1.82) is 0 Å². The molecule has 0 saturated carbocycles. The largest absolute Gasteiger partial charge is 3.00 e. The van der Waals surface area contributed by atoms with Gasteiger partial charge < -0.3 is 13.7 Å². The van der Waals surface area contributed by atoms with Gasteiger partial charge in [0.15, 0.2) is 0 Å². The molecule has 0 bridgehead atoms. The third kappa shape index (κ3) is 2040. The smallest absolute Gasteiger partial charge is 0.759 e. The van der Waals surface area contributed by atoms with Gasteiger partial charge in [-0.25, -0.2) is 8.42 Å². The Balaban J connectivity index is -0.0000000457. The second kappa shape index (κ2) is 8.31. The van der Waals surface area contributed by atoms with Gasteiger partial charge in [0, 0.05) is 10.4 Å². The summed E-state index contributed by atoms with van der Waals surface area (Å²) in [5.41, 5.74) is 0. The van der Waals surface area contributed by atoms with Gasteiger partial charge in [0.1, 0.15) is 0 Å². The maximum atomic E-state index is 8.63. The van der Waals surface area contributed by atoms with E-state index >= 15 is 0 Å². The van der Waals surface area contributed by atoms with Gasteiger partial charge in [-0.1, -0.05) is 0 Å². The molecule has 8 nitrogen and oxygen atoms in total. The van der Waals surface area contributed by atoms with E-state index in [0.29, 0.717) is 0 Å². The van der Waals surface area contributed by atoms with E-state index in [9.17, 15) is 0 Å². The molecule has 12 heavy (non-hydrogen) atoms. The van der Waals surface area contributed by atoms with Crippen molar-refractivity contribution in [2.75, 3.05) is 0 Å². The van der Waals surface area contributed by atoms with E-state index in [1.165, 1.54) is 0 Å². The number of hydrogen-bond donors (Lipinski definition) is 1. The topological polar surface area (TPSA) is 158 Å². The van der Waals surface area contributed by atoms with Crippen LogP contribution in [-0.2, 0) is 20.8 Å². The summed E-state index contributed by atoms with van der Waals surface area (Å²) < 4.78 is 66.9. The molecule has 1 unspecified atom stereocenters. The van der Waals surface area contributed by atoms with Gasteiger partial charge in [-0.15, -0.1) is 0 Å². The minimum Gasteiger partial charge on any atom is -0.759 e. The first-order valence-electron chi connectivity index (χ1n) is 1.35. The molecule has 0 radical (unpaired) electrons. The second-order valence-corrected chi connectivity index (χ2v) is 2.51. The van der Waals surface area contributed by atoms with Crippen molar-refractivity contribution >= 4 is 48.1 Å². The molecule has 1 N–H and O–H groups in total. The van der Waals surface area contributed by atoms with Gasteiger partial charge in [-0.05, 0) is 0 Å². The molecule has 0 heterocycles. The van der Waals surface area contributed by atoms with Crippen molar-refractivity contribution < 1.29 is 35.0 Å². The zero-order valence-electron chi connectivity index (χ0n) is 5.41. The minimum absolute atomic E-state index is 0. The molecule has 0 spiro atoms. The van der Waals surface area contributed by atoms with E-state index in [2.05, 4.69) is 0 Å². The Kier molecular flexibility index (Phi) is 15.9. The van der Waals surface area contributed by atoms with Crippen LogP contribution in [0.25, 0.3) is 0 Å². The van der Waals surface area contributed by atoms with Crippen LogP contribution in [0.4, 0.5) is 0 Å². The third-order valence-electron chi connectivity index (χ3n) is 0. The maximum absolute atomic E-state index is 8.63. The van der Waals surface area contributed by atoms with E-state index in [1.54, 1.807) is 0 Å². The molecule has 0 aromatic heterocycles. The van der Waals surface area contributed by atoms with Crippen molar-refractivity contribution in [2.24, 2.45) is 0 Å². The molecule has 0 aromatic carbocycles. The Morgan fingerprint density at radius 1 is 0.917 bits per heavy atom. The Morgan fingerprint density at radius 2 is 0.917 bits per heavy atom. The van der Waals surface area contributed by atoms with E-state index in [1.807, 2.05) is 0 Å². The van der Waals surface area contributed by atoms with Crippen LogP contribution in [0.5, 0.6) is 0 Å². The molecule has 0 aliphatic rings. The fourth-order valence-electron chi connectivity index (χ4n) is 0. The second-order valence-electron chi connectivity index (χ2n) is 0.836. The average Bonchev–Trinajstić information content (AvgIpc) is 1.12. The van der Waals surface area contributed by atoms with Crippen molar-refractivity contribution in [1.82, 2.24) is 0 Å². The van der Waals surface area contributed by atoms with Crippen molar-refractivity contribution in [3.8, 4) is 0 Å². The monoisotopic (exact) mass is 254 g/mol. The van der Waals surface area contributed by atoms with Gasteiger partial charge in [-0.2, -0.15) is 9.90 Å². The first kappa shape index (κ1) is 23.0. The molecule has 0 aliphatic heterocycles. The van der Waals surface area contributed by atoms with Crippen molar-refractivity contribution in [3.63, 3.8) is 0 Å². The summed E-state index contributed by atoms with van der Waals surface area (Å²) in [4.78, 5) is 0. The quantitative estimate of drug-likeness (QED) is 0.212. The molecule has 0 saturated heterocycles. The summed E-state index contributed by atoms with van der Waals surface area (Å²) in [7, 11) is -10.1. The first-order chi connectivity index (χ1) is 4.00. The van der Waals surface area contributed by atoms with Crippen LogP contribution >= 0.6 is 9.90 Å². The van der Waals surface area contributed by atoms with Gasteiger partial charge in [0.2, 0.25) is 10.4 Å². The van der Waals surface area contributed by atoms with Crippen LogP contribution in [-0.4, -0.2) is 52.4 Å². The average molecular weight is 254 g/mol. The Morgan fingerprint density at radius 3 is 0.917 bits per heavy atom. The van der Waals surface area contributed by atoms with E-state index in [0.717, 1.165) is 0 Å². The van der Waals surface area contributed by atoms with E-state index in [-0.39, 0.29) is 27.3 Å². The molecular weight excluding hydrogens is 250 g/mol. The van der Waals surface area contributed by atoms with E-state index in [4.69, 9.17) is 35.0 Å². The zero-order valence-corrected chi connectivity index (χ0v) is 9.61. The van der Waals surface area contributed by atoms with Crippen LogP contribution in [0, 0.1) is 0 Å². The maximum Gasteiger partial charge on any atom is 3.00 e. The Labute approximate surface area is 83.3 Å². The van der Waals surface area contributed by atoms with Crippen LogP contribution in [0.1, 0.15) is 0 Å². The number of rotatable bonds is 0. The fourth-order valence-corrected chi connectivity index (χ4v) is 0. The van der Waals surface area contributed by atoms with Crippen LogP contribution < -0.4 is 0 Å². The fraction of sp³-hybridized carbons (Fsp3) is 0. The molecule has 0 amide bonds. The SMILES string of the molecule is O=S(=O)([O-])O.O=S(=O)([O-])[O-].P.[Al+3]. The third-order valence-corrected chi connectivity index (χ3v) is 0. The summed E-state index contributed by atoms with van der Waals surface area (Å²) in [5, 5.41) is 0. The minimum atomic E-state index is -5.17. The van der Waals surface area contributed by atoms with Crippen LogP contribution in [0.15, 0.2) is 0 Å². The predicted octanol–water partition coefficient (Wildman–Crippen LogP) is -2.66. The molecule has 0 rings (SSSR count). The normalized spacial score (nSPS) is 9.67. The predicted molar refractivity (Wildman–Crippen MR) is 39.7 cm³/mol. The molecule has 72 valence electrons. The first-order valence-corrected chi connectivity index (χ1v) is 4.05. The molecule has 0 aromatic rings. The molecular formula is H4AlO8PS2. The molecule has 1 atom stereocenters. The van der Waals surface area contributed by atoms with E-state index < -0.39 is 20.8 Å². The Hall–Kier alpha value is 0.702. The van der Waals surface area contributed by atoms with Crippen molar-refractivity contribution in [2.45, 2.75) is 0 Å². The van der Waals surface area contributed by atoms with Crippen molar-refractivity contribution in [3.05, 3.63) is 0 Å². The zero-order chi connectivity index (χ0) is 9.00. The van der Waals surface area contributed by atoms with Gasteiger partial charge in [0.05, 0.1) is 0 Å². The van der Waals surface area contributed by atoms with Gasteiger partial charge in [0.25, 0.3) is 0 Å². The Bertz CT molecular complexity index is 213. The standard InChI is InChI=1S/Al.2H2O4S.H3P/c;2*1-5(2,3)4;/h;2*(H2,1,2,3,4);1H3/q+3;;;/p-3. The van der Waals surface area contributed by atoms with Crippen LogP contribution in [0.3, 0.4) is 0 Å². The molecule has 0 fully saturated rings.